The van der Waals surface area contributed by atoms with E-state index in [1.165, 1.54) is 5.56 Å². The molecule has 0 fully saturated rings. The van der Waals surface area contributed by atoms with Crippen molar-refractivity contribution in [3.05, 3.63) is 71.3 Å². The van der Waals surface area contributed by atoms with Gasteiger partial charge in [0, 0.05) is 25.2 Å². The number of carbonyl (C=O) groups excluding carboxylic acids is 1. The second-order valence-corrected chi connectivity index (χ2v) is 6.31. The lowest BCUT2D eigenvalue weighted by Gasteiger charge is -2.29. The van der Waals surface area contributed by atoms with Gasteiger partial charge in [-0.1, -0.05) is 48.5 Å². The number of nitrogens with zero attached hydrogens (tertiary/aromatic N) is 2. The lowest BCUT2D eigenvalue weighted by molar-refractivity contribution is 0.0754. The van der Waals surface area contributed by atoms with Crippen molar-refractivity contribution in [2.24, 2.45) is 0 Å². The van der Waals surface area contributed by atoms with Gasteiger partial charge in [0.2, 0.25) is 0 Å². The second kappa shape index (κ2) is 7.93. The van der Waals surface area contributed by atoms with Gasteiger partial charge in [-0.3, -0.25) is 4.79 Å². The van der Waals surface area contributed by atoms with Crippen LogP contribution in [0.4, 0.5) is 0 Å². The van der Waals surface area contributed by atoms with Gasteiger partial charge in [0.15, 0.2) is 0 Å². The Balaban J connectivity index is 2.07. The Hall–Kier alpha value is -2.13. The number of aryl methyl sites for hydroxylation is 1. The second-order valence-electron chi connectivity index (χ2n) is 6.31. The zero-order chi connectivity index (χ0) is 16.8. The first-order chi connectivity index (χ1) is 11.0. The molecule has 0 spiro atoms. The van der Waals surface area contributed by atoms with E-state index >= 15 is 0 Å². The van der Waals surface area contributed by atoms with Gasteiger partial charge in [-0.2, -0.15) is 0 Å². The van der Waals surface area contributed by atoms with Crippen molar-refractivity contribution >= 4 is 5.91 Å². The fourth-order valence-corrected chi connectivity index (χ4v) is 2.71. The summed E-state index contributed by atoms with van der Waals surface area (Å²) in [6, 6.07) is 18.5. The van der Waals surface area contributed by atoms with Crippen molar-refractivity contribution in [1.29, 1.82) is 0 Å². The zero-order valence-electron chi connectivity index (χ0n) is 14.5. The van der Waals surface area contributed by atoms with E-state index in [4.69, 9.17) is 0 Å². The number of hydrogen-bond acceptors (Lipinski definition) is 2. The molecule has 0 bridgehead atoms. The minimum atomic E-state index is 0.0861. The number of carbonyl (C=O) groups is 1. The Bertz CT molecular complexity index is 637. The van der Waals surface area contributed by atoms with E-state index in [0.717, 1.165) is 17.5 Å². The summed E-state index contributed by atoms with van der Waals surface area (Å²) in [5.41, 5.74) is 3.10. The van der Waals surface area contributed by atoms with E-state index in [2.05, 4.69) is 43.3 Å². The van der Waals surface area contributed by atoms with Crippen LogP contribution in [-0.2, 0) is 6.42 Å². The molecule has 3 nitrogen and oxygen atoms in total. The molecule has 1 atom stereocenters. The molecular weight excluding hydrogens is 284 g/mol. The Labute approximate surface area is 139 Å². The van der Waals surface area contributed by atoms with Crippen LogP contribution in [0.15, 0.2) is 54.6 Å². The third-order valence-corrected chi connectivity index (χ3v) is 4.25. The van der Waals surface area contributed by atoms with E-state index in [9.17, 15) is 4.79 Å². The smallest absolute Gasteiger partial charge is 0.253 e. The first kappa shape index (κ1) is 17.2. The van der Waals surface area contributed by atoms with Crippen LogP contribution in [0.2, 0.25) is 0 Å². The van der Waals surface area contributed by atoms with Gasteiger partial charge < -0.3 is 9.80 Å². The van der Waals surface area contributed by atoms with Crippen LogP contribution in [0.25, 0.3) is 0 Å². The molecule has 3 heteroatoms. The summed E-state index contributed by atoms with van der Waals surface area (Å²) in [5, 5.41) is 0. The highest BCUT2D eigenvalue weighted by Crippen LogP contribution is 2.12. The maximum atomic E-state index is 12.7. The van der Waals surface area contributed by atoms with E-state index in [1.807, 2.05) is 49.2 Å². The minimum absolute atomic E-state index is 0.0861. The van der Waals surface area contributed by atoms with E-state index in [-0.39, 0.29) is 11.9 Å². The third kappa shape index (κ3) is 4.67. The molecule has 0 aliphatic rings. The zero-order valence-corrected chi connectivity index (χ0v) is 14.5. The Morgan fingerprint density at radius 1 is 0.957 bits per heavy atom. The van der Waals surface area contributed by atoms with Gasteiger partial charge in [-0.15, -0.1) is 0 Å². The lowest BCUT2D eigenvalue weighted by atomic mass is 10.0. The normalized spacial score (nSPS) is 12.2. The van der Waals surface area contributed by atoms with Crippen LogP contribution in [0.5, 0.6) is 0 Å². The van der Waals surface area contributed by atoms with E-state index < -0.39 is 0 Å². The average molecular weight is 310 g/mol. The van der Waals surface area contributed by atoms with Crippen LogP contribution in [0.3, 0.4) is 0 Å². The maximum absolute atomic E-state index is 12.7. The predicted octanol–water partition coefficient (Wildman–Crippen LogP) is 3.24. The molecule has 23 heavy (non-hydrogen) atoms. The third-order valence-electron chi connectivity index (χ3n) is 4.25. The molecule has 0 aromatic heterocycles. The Morgan fingerprint density at radius 3 is 2.17 bits per heavy atom. The van der Waals surface area contributed by atoms with Crippen LogP contribution >= 0.6 is 0 Å². The molecule has 0 saturated carbocycles. The predicted molar refractivity (Wildman–Crippen MR) is 95.8 cm³/mol. The van der Waals surface area contributed by atoms with Crippen LogP contribution in [0.1, 0.15) is 21.5 Å². The van der Waals surface area contributed by atoms with Gasteiger partial charge in [0.05, 0.1) is 0 Å². The van der Waals surface area contributed by atoms with Crippen LogP contribution < -0.4 is 0 Å². The SMILES string of the molecule is Cc1ccccc1C(=O)N(C)C[C@H](Cc1ccccc1)N(C)C. The molecule has 0 saturated heterocycles. The van der Waals surface area contributed by atoms with Crippen molar-refractivity contribution in [2.75, 3.05) is 27.7 Å². The number of benzene rings is 2. The average Bonchev–Trinajstić information content (AvgIpc) is 2.55. The molecule has 122 valence electrons. The molecule has 0 heterocycles. The summed E-state index contributed by atoms with van der Waals surface area (Å²) in [6.07, 6.45) is 0.930. The van der Waals surface area contributed by atoms with Crippen LogP contribution in [-0.4, -0.2) is 49.4 Å². The molecule has 0 aliphatic carbocycles. The molecule has 2 aromatic carbocycles. The molecule has 2 rings (SSSR count). The Morgan fingerprint density at radius 2 is 1.57 bits per heavy atom. The quantitative estimate of drug-likeness (QED) is 0.818. The molecule has 0 aliphatic heterocycles. The molecule has 2 aromatic rings. The minimum Gasteiger partial charge on any atom is -0.340 e. The van der Waals surface area contributed by atoms with Crippen molar-refractivity contribution in [1.82, 2.24) is 9.80 Å². The molecular formula is C20H26N2O. The van der Waals surface area contributed by atoms with Crippen molar-refractivity contribution in [3.8, 4) is 0 Å². The molecule has 0 radical (unpaired) electrons. The summed E-state index contributed by atoms with van der Waals surface area (Å²) in [7, 11) is 6.02. The molecule has 0 unspecified atom stereocenters. The van der Waals surface area contributed by atoms with Crippen LogP contribution in [0, 0.1) is 6.92 Å². The fraction of sp³-hybridized carbons (Fsp3) is 0.350. The Kier molecular flexibility index (Phi) is 5.94. The topological polar surface area (TPSA) is 23.6 Å². The van der Waals surface area contributed by atoms with Crippen molar-refractivity contribution in [2.45, 2.75) is 19.4 Å². The lowest BCUT2D eigenvalue weighted by Crippen LogP contribution is -2.42. The van der Waals surface area contributed by atoms with Crippen molar-refractivity contribution in [3.63, 3.8) is 0 Å². The number of likely N-dealkylation sites (N-methyl/N-ethyl adjacent to an activating group) is 2. The van der Waals surface area contributed by atoms with E-state index in [0.29, 0.717) is 6.54 Å². The van der Waals surface area contributed by atoms with Gasteiger partial charge >= 0.3 is 0 Å². The highest BCUT2D eigenvalue weighted by Gasteiger charge is 2.20. The largest absolute Gasteiger partial charge is 0.340 e. The summed E-state index contributed by atoms with van der Waals surface area (Å²) < 4.78 is 0. The molecule has 0 N–H and O–H groups in total. The molecule has 1 amide bonds. The van der Waals surface area contributed by atoms with Gasteiger partial charge in [-0.25, -0.2) is 0 Å². The first-order valence-corrected chi connectivity index (χ1v) is 8.00. The first-order valence-electron chi connectivity index (χ1n) is 8.00. The van der Waals surface area contributed by atoms with Gasteiger partial charge in [-0.05, 0) is 44.6 Å². The summed E-state index contributed by atoms with van der Waals surface area (Å²) in [6.45, 7) is 2.68. The maximum Gasteiger partial charge on any atom is 0.253 e. The highest BCUT2D eigenvalue weighted by molar-refractivity contribution is 5.95. The van der Waals surface area contributed by atoms with Crippen molar-refractivity contribution < 1.29 is 4.79 Å². The monoisotopic (exact) mass is 310 g/mol. The van der Waals surface area contributed by atoms with Gasteiger partial charge in [0.25, 0.3) is 5.91 Å². The fourth-order valence-electron chi connectivity index (χ4n) is 2.71. The summed E-state index contributed by atoms with van der Waals surface area (Å²) in [4.78, 5) is 16.7. The highest BCUT2D eigenvalue weighted by atomic mass is 16.2. The standard InChI is InChI=1S/C20H26N2O/c1-16-10-8-9-13-19(16)20(23)22(4)15-18(21(2)3)14-17-11-6-5-7-12-17/h5-13,18H,14-15H2,1-4H3/t18-/m0/s1. The summed E-state index contributed by atoms with van der Waals surface area (Å²) in [5.74, 6) is 0.0861. The van der Waals surface area contributed by atoms with Gasteiger partial charge in [0.1, 0.15) is 0 Å². The summed E-state index contributed by atoms with van der Waals surface area (Å²) >= 11 is 0. The number of hydrogen-bond donors (Lipinski definition) is 0. The number of rotatable bonds is 6. The van der Waals surface area contributed by atoms with E-state index in [1.54, 1.807) is 0 Å². The number of amides is 1.